The highest BCUT2D eigenvalue weighted by atomic mass is 35.5. The molecule has 0 radical (unpaired) electrons. The molecule has 1 aliphatic rings. The van der Waals surface area contributed by atoms with Crippen molar-refractivity contribution in [2.75, 3.05) is 35.7 Å². The summed E-state index contributed by atoms with van der Waals surface area (Å²) < 4.78 is 0. The molecule has 0 atom stereocenters. The number of nitrogens with two attached hydrogens (primary N) is 1. The summed E-state index contributed by atoms with van der Waals surface area (Å²) in [6, 6.07) is 12.9. The van der Waals surface area contributed by atoms with E-state index in [2.05, 4.69) is 4.90 Å². The molecule has 0 fully saturated rings. The average Bonchev–Trinajstić information content (AvgIpc) is 2.47. The number of para-hydroxylation sites is 2. The molecule has 0 unspecified atom stereocenters. The Bertz CT molecular complexity index is 702. The Morgan fingerprint density at radius 3 is 2.57 bits per heavy atom. The zero-order chi connectivity index (χ0) is 15.0. The van der Waals surface area contributed by atoms with E-state index in [1.54, 1.807) is 23.1 Å². The molecule has 2 aromatic carbocycles. The van der Waals surface area contributed by atoms with Gasteiger partial charge in [-0.3, -0.25) is 4.79 Å². The summed E-state index contributed by atoms with van der Waals surface area (Å²) >= 11 is 5.90. The SMILES string of the molecule is CN1CCN(C(=O)c2ccc(Cl)cc2N)c2ccccc21. The molecule has 1 heterocycles. The fourth-order valence-corrected chi connectivity index (χ4v) is 2.77. The first-order chi connectivity index (χ1) is 10.1. The van der Waals surface area contributed by atoms with Crippen LogP contribution >= 0.6 is 11.6 Å². The average molecular weight is 302 g/mol. The maximum Gasteiger partial charge on any atom is 0.260 e. The lowest BCUT2D eigenvalue weighted by molar-refractivity contribution is 0.0987. The van der Waals surface area contributed by atoms with Gasteiger partial charge in [0, 0.05) is 30.8 Å². The Kier molecular flexibility index (Phi) is 3.47. The van der Waals surface area contributed by atoms with Crippen molar-refractivity contribution in [3.05, 3.63) is 53.1 Å². The maximum absolute atomic E-state index is 12.8. The summed E-state index contributed by atoms with van der Waals surface area (Å²) in [5, 5.41) is 0.530. The number of likely N-dealkylation sites (N-methyl/N-ethyl adjacent to an activating group) is 1. The number of nitrogen functional groups attached to an aromatic ring is 1. The second-order valence-electron chi connectivity index (χ2n) is 5.10. The summed E-state index contributed by atoms with van der Waals surface area (Å²) in [5.41, 5.74) is 8.78. The van der Waals surface area contributed by atoms with Gasteiger partial charge in [-0.05, 0) is 30.3 Å². The standard InChI is InChI=1S/C16H16ClN3O/c1-19-8-9-20(15-5-3-2-4-14(15)19)16(21)12-7-6-11(17)10-13(12)18/h2-7,10H,8-9,18H2,1H3. The van der Waals surface area contributed by atoms with E-state index < -0.39 is 0 Å². The molecule has 21 heavy (non-hydrogen) atoms. The highest BCUT2D eigenvalue weighted by molar-refractivity contribution is 6.31. The molecular weight excluding hydrogens is 286 g/mol. The molecule has 2 aromatic rings. The molecule has 1 aliphatic heterocycles. The van der Waals surface area contributed by atoms with E-state index in [-0.39, 0.29) is 5.91 Å². The van der Waals surface area contributed by atoms with Crippen molar-refractivity contribution < 1.29 is 4.79 Å². The number of nitrogens with zero attached hydrogens (tertiary/aromatic N) is 2. The van der Waals surface area contributed by atoms with Crippen LogP contribution in [-0.2, 0) is 0 Å². The van der Waals surface area contributed by atoms with E-state index in [1.165, 1.54) is 0 Å². The van der Waals surface area contributed by atoms with Crippen molar-refractivity contribution >= 4 is 34.6 Å². The van der Waals surface area contributed by atoms with E-state index >= 15 is 0 Å². The van der Waals surface area contributed by atoms with Crippen LogP contribution in [0.15, 0.2) is 42.5 Å². The molecule has 3 rings (SSSR count). The van der Waals surface area contributed by atoms with Crippen molar-refractivity contribution in [3.63, 3.8) is 0 Å². The summed E-state index contributed by atoms with van der Waals surface area (Å²) in [4.78, 5) is 16.7. The van der Waals surface area contributed by atoms with E-state index in [9.17, 15) is 4.79 Å². The van der Waals surface area contributed by atoms with Crippen LogP contribution in [0.25, 0.3) is 0 Å². The van der Waals surface area contributed by atoms with Crippen molar-refractivity contribution in [1.29, 1.82) is 0 Å². The van der Waals surface area contributed by atoms with Gasteiger partial charge in [0.25, 0.3) is 5.91 Å². The lowest BCUT2D eigenvalue weighted by atomic mass is 10.1. The number of amides is 1. The Morgan fingerprint density at radius 2 is 1.86 bits per heavy atom. The Labute approximate surface area is 128 Å². The first-order valence-electron chi connectivity index (χ1n) is 6.75. The number of hydrogen-bond acceptors (Lipinski definition) is 3. The van der Waals surface area contributed by atoms with Crippen molar-refractivity contribution in [1.82, 2.24) is 0 Å². The summed E-state index contributed by atoms with van der Waals surface area (Å²) in [6.45, 7) is 1.42. The highest BCUT2D eigenvalue weighted by Gasteiger charge is 2.26. The van der Waals surface area contributed by atoms with Crippen molar-refractivity contribution in [3.8, 4) is 0 Å². The normalized spacial score (nSPS) is 14.0. The molecule has 0 saturated heterocycles. The van der Waals surface area contributed by atoms with E-state index in [0.29, 0.717) is 22.8 Å². The molecule has 108 valence electrons. The minimum Gasteiger partial charge on any atom is -0.398 e. The second-order valence-corrected chi connectivity index (χ2v) is 5.54. The molecule has 0 aromatic heterocycles. The van der Waals surface area contributed by atoms with Crippen LogP contribution in [0, 0.1) is 0 Å². The molecule has 0 aliphatic carbocycles. The molecule has 0 spiro atoms. The zero-order valence-corrected chi connectivity index (χ0v) is 12.5. The van der Waals surface area contributed by atoms with Crippen molar-refractivity contribution in [2.24, 2.45) is 0 Å². The third-order valence-electron chi connectivity index (χ3n) is 3.73. The van der Waals surface area contributed by atoms with Crippen LogP contribution in [0.4, 0.5) is 17.1 Å². The molecule has 5 heteroatoms. The van der Waals surface area contributed by atoms with Gasteiger partial charge < -0.3 is 15.5 Å². The van der Waals surface area contributed by atoms with Gasteiger partial charge in [-0.1, -0.05) is 23.7 Å². The van der Waals surface area contributed by atoms with E-state index in [1.807, 2.05) is 31.3 Å². The molecule has 2 N–H and O–H groups in total. The number of hydrogen-bond donors (Lipinski definition) is 1. The smallest absolute Gasteiger partial charge is 0.260 e. The topological polar surface area (TPSA) is 49.6 Å². The summed E-state index contributed by atoms with van der Waals surface area (Å²) in [7, 11) is 2.03. The monoisotopic (exact) mass is 301 g/mol. The number of carbonyl (C=O) groups excluding carboxylic acids is 1. The second kappa shape index (κ2) is 5.30. The molecule has 0 saturated carbocycles. The number of carbonyl (C=O) groups is 1. The van der Waals surface area contributed by atoms with Gasteiger partial charge in [0.05, 0.1) is 16.9 Å². The van der Waals surface area contributed by atoms with Crippen LogP contribution in [0.5, 0.6) is 0 Å². The molecule has 0 bridgehead atoms. The summed E-state index contributed by atoms with van der Waals surface area (Å²) in [6.07, 6.45) is 0. The fraction of sp³-hybridized carbons (Fsp3) is 0.188. The predicted molar refractivity (Wildman–Crippen MR) is 87.3 cm³/mol. The van der Waals surface area contributed by atoms with Crippen LogP contribution in [0.2, 0.25) is 5.02 Å². The number of benzene rings is 2. The Morgan fingerprint density at radius 1 is 1.14 bits per heavy atom. The third-order valence-corrected chi connectivity index (χ3v) is 3.97. The van der Waals surface area contributed by atoms with E-state index in [4.69, 9.17) is 17.3 Å². The first kappa shape index (κ1) is 13.8. The number of anilines is 3. The molecule has 4 nitrogen and oxygen atoms in total. The van der Waals surface area contributed by atoms with Gasteiger partial charge >= 0.3 is 0 Å². The molecular formula is C16H16ClN3O. The minimum atomic E-state index is -0.0929. The number of fused-ring (bicyclic) bond motifs is 1. The highest BCUT2D eigenvalue weighted by Crippen LogP contribution is 2.33. The third kappa shape index (κ3) is 2.43. The Hall–Kier alpha value is -2.20. The number of rotatable bonds is 1. The van der Waals surface area contributed by atoms with Gasteiger partial charge in [-0.25, -0.2) is 0 Å². The van der Waals surface area contributed by atoms with E-state index in [0.717, 1.165) is 17.9 Å². The van der Waals surface area contributed by atoms with Crippen LogP contribution in [-0.4, -0.2) is 26.0 Å². The van der Waals surface area contributed by atoms with Gasteiger partial charge in [0.1, 0.15) is 0 Å². The van der Waals surface area contributed by atoms with Gasteiger partial charge in [-0.15, -0.1) is 0 Å². The van der Waals surface area contributed by atoms with Gasteiger partial charge in [-0.2, -0.15) is 0 Å². The fourth-order valence-electron chi connectivity index (χ4n) is 2.59. The number of halogens is 1. The minimum absolute atomic E-state index is 0.0929. The van der Waals surface area contributed by atoms with Crippen molar-refractivity contribution in [2.45, 2.75) is 0 Å². The first-order valence-corrected chi connectivity index (χ1v) is 7.13. The van der Waals surface area contributed by atoms with Crippen LogP contribution in [0.3, 0.4) is 0 Å². The largest absolute Gasteiger partial charge is 0.398 e. The lowest BCUT2D eigenvalue weighted by Crippen LogP contribution is -2.42. The van der Waals surface area contributed by atoms with Crippen LogP contribution < -0.4 is 15.5 Å². The van der Waals surface area contributed by atoms with Crippen LogP contribution in [0.1, 0.15) is 10.4 Å². The maximum atomic E-state index is 12.8. The van der Waals surface area contributed by atoms with Gasteiger partial charge in [0.15, 0.2) is 0 Å². The van der Waals surface area contributed by atoms with Gasteiger partial charge in [0.2, 0.25) is 0 Å². The quantitative estimate of drug-likeness (QED) is 0.824. The molecule has 1 amide bonds. The lowest BCUT2D eigenvalue weighted by Gasteiger charge is -2.35. The summed E-state index contributed by atoms with van der Waals surface area (Å²) in [5.74, 6) is -0.0929. The predicted octanol–water partition coefficient (Wildman–Crippen LogP) is 3.02. The Balaban J connectivity index is 2.01. The zero-order valence-electron chi connectivity index (χ0n) is 11.7.